The van der Waals surface area contributed by atoms with Gasteiger partial charge in [-0.2, -0.15) is 0 Å². The SMILES string of the molecule is CCCn1nnnc1COC(=O)c1cccnc1OC. The summed E-state index contributed by atoms with van der Waals surface area (Å²) in [5.74, 6) is 0.203. The Balaban J connectivity index is 2.03. The quantitative estimate of drug-likeness (QED) is 0.722. The van der Waals surface area contributed by atoms with Crippen molar-refractivity contribution in [3.63, 3.8) is 0 Å². The van der Waals surface area contributed by atoms with Gasteiger partial charge in [-0.25, -0.2) is 14.5 Å². The van der Waals surface area contributed by atoms with E-state index < -0.39 is 5.97 Å². The fraction of sp³-hybridized carbons (Fsp3) is 0.417. The van der Waals surface area contributed by atoms with Gasteiger partial charge in [-0.15, -0.1) is 5.10 Å². The maximum absolute atomic E-state index is 12.0. The van der Waals surface area contributed by atoms with Crippen molar-refractivity contribution in [2.75, 3.05) is 7.11 Å². The van der Waals surface area contributed by atoms with Gasteiger partial charge >= 0.3 is 5.97 Å². The molecule has 0 aromatic carbocycles. The number of pyridine rings is 1. The van der Waals surface area contributed by atoms with Gasteiger partial charge in [0.15, 0.2) is 12.4 Å². The lowest BCUT2D eigenvalue weighted by molar-refractivity contribution is 0.0452. The number of aryl methyl sites for hydroxylation is 1. The van der Waals surface area contributed by atoms with Gasteiger partial charge in [0.1, 0.15) is 5.56 Å². The first-order chi connectivity index (χ1) is 9.76. The Bertz CT molecular complexity index is 584. The fourth-order valence-electron chi connectivity index (χ4n) is 1.63. The van der Waals surface area contributed by atoms with Crippen LogP contribution in [0.25, 0.3) is 0 Å². The molecular weight excluding hydrogens is 262 g/mol. The standard InChI is InChI=1S/C12H15N5O3/c1-3-7-17-10(14-15-16-17)8-20-12(18)9-5-4-6-13-11(9)19-2/h4-6H,3,7-8H2,1-2H3. The Morgan fingerprint density at radius 2 is 2.30 bits per heavy atom. The average molecular weight is 277 g/mol. The largest absolute Gasteiger partial charge is 0.480 e. The van der Waals surface area contributed by atoms with Crippen LogP contribution in [0.15, 0.2) is 18.3 Å². The number of carbonyl (C=O) groups excluding carboxylic acids is 1. The number of nitrogens with zero attached hydrogens (tertiary/aromatic N) is 5. The molecule has 0 atom stereocenters. The number of tetrazole rings is 1. The molecule has 0 amide bonds. The van der Waals surface area contributed by atoms with Gasteiger partial charge in [0, 0.05) is 12.7 Å². The molecule has 0 N–H and O–H groups in total. The van der Waals surface area contributed by atoms with E-state index in [0.717, 1.165) is 6.42 Å². The Hall–Kier alpha value is -2.51. The van der Waals surface area contributed by atoms with Gasteiger partial charge in [-0.1, -0.05) is 6.92 Å². The first kappa shape index (κ1) is 13.9. The van der Waals surface area contributed by atoms with Crippen molar-refractivity contribution in [2.45, 2.75) is 26.5 Å². The van der Waals surface area contributed by atoms with Crippen molar-refractivity contribution in [2.24, 2.45) is 0 Å². The van der Waals surface area contributed by atoms with Gasteiger partial charge in [0.05, 0.1) is 7.11 Å². The van der Waals surface area contributed by atoms with Crippen molar-refractivity contribution in [3.8, 4) is 5.88 Å². The molecule has 8 nitrogen and oxygen atoms in total. The molecule has 0 aliphatic carbocycles. The van der Waals surface area contributed by atoms with Crippen molar-refractivity contribution in [1.82, 2.24) is 25.2 Å². The minimum absolute atomic E-state index is 0.00385. The second-order valence-corrected chi connectivity index (χ2v) is 3.95. The maximum Gasteiger partial charge on any atom is 0.344 e. The summed E-state index contributed by atoms with van der Waals surface area (Å²) in [7, 11) is 1.45. The Morgan fingerprint density at radius 3 is 3.05 bits per heavy atom. The smallest absolute Gasteiger partial charge is 0.344 e. The van der Waals surface area contributed by atoms with Gasteiger partial charge in [0.25, 0.3) is 0 Å². The predicted molar refractivity (Wildman–Crippen MR) is 68.0 cm³/mol. The van der Waals surface area contributed by atoms with Crippen LogP contribution in [-0.4, -0.2) is 38.3 Å². The van der Waals surface area contributed by atoms with E-state index in [0.29, 0.717) is 12.4 Å². The van der Waals surface area contributed by atoms with E-state index in [4.69, 9.17) is 9.47 Å². The van der Waals surface area contributed by atoms with E-state index in [1.807, 2.05) is 6.92 Å². The summed E-state index contributed by atoms with van der Waals surface area (Å²) in [4.78, 5) is 15.9. The van der Waals surface area contributed by atoms with Crippen molar-refractivity contribution in [3.05, 3.63) is 29.7 Å². The zero-order chi connectivity index (χ0) is 14.4. The third kappa shape index (κ3) is 3.08. The van der Waals surface area contributed by atoms with E-state index in [9.17, 15) is 4.79 Å². The van der Waals surface area contributed by atoms with E-state index in [-0.39, 0.29) is 18.1 Å². The minimum atomic E-state index is -0.527. The topological polar surface area (TPSA) is 92.0 Å². The number of esters is 1. The maximum atomic E-state index is 12.0. The first-order valence-electron chi connectivity index (χ1n) is 6.17. The lowest BCUT2D eigenvalue weighted by Gasteiger charge is -2.07. The third-order valence-corrected chi connectivity index (χ3v) is 2.56. The van der Waals surface area contributed by atoms with Crippen LogP contribution >= 0.6 is 0 Å². The van der Waals surface area contributed by atoms with Gasteiger partial charge < -0.3 is 9.47 Å². The van der Waals surface area contributed by atoms with Crippen LogP contribution in [0.2, 0.25) is 0 Å². The molecule has 0 aliphatic rings. The van der Waals surface area contributed by atoms with Crippen molar-refractivity contribution >= 4 is 5.97 Å². The molecule has 0 unspecified atom stereocenters. The molecule has 2 rings (SSSR count). The second-order valence-electron chi connectivity index (χ2n) is 3.95. The molecular formula is C12H15N5O3. The van der Waals surface area contributed by atoms with E-state index in [2.05, 4.69) is 20.5 Å². The summed E-state index contributed by atoms with van der Waals surface area (Å²) >= 11 is 0. The number of aromatic nitrogens is 5. The van der Waals surface area contributed by atoms with Gasteiger partial charge in [-0.3, -0.25) is 0 Å². The Kier molecular flexibility index (Phi) is 4.59. The van der Waals surface area contributed by atoms with Crippen LogP contribution in [0.4, 0.5) is 0 Å². The zero-order valence-corrected chi connectivity index (χ0v) is 11.3. The Labute approximate surface area is 115 Å². The lowest BCUT2D eigenvalue weighted by Crippen LogP contribution is -2.12. The molecule has 0 radical (unpaired) electrons. The molecule has 2 heterocycles. The average Bonchev–Trinajstić information content (AvgIpc) is 2.92. The summed E-state index contributed by atoms with van der Waals surface area (Å²) < 4.78 is 11.8. The summed E-state index contributed by atoms with van der Waals surface area (Å²) in [6.45, 7) is 2.69. The molecule has 8 heteroatoms. The van der Waals surface area contributed by atoms with Gasteiger partial charge in [-0.05, 0) is 29.0 Å². The second kappa shape index (κ2) is 6.60. The lowest BCUT2D eigenvalue weighted by atomic mass is 10.3. The summed E-state index contributed by atoms with van der Waals surface area (Å²) in [5.41, 5.74) is 0.268. The van der Waals surface area contributed by atoms with Crippen LogP contribution in [-0.2, 0) is 17.9 Å². The number of rotatable bonds is 6. The molecule has 2 aromatic heterocycles. The molecule has 0 bridgehead atoms. The predicted octanol–water partition coefficient (Wildman–Crippen LogP) is 0.844. The van der Waals surface area contributed by atoms with Crippen LogP contribution in [0.1, 0.15) is 29.5 Å². The minimum Gasteiger partial charge on any atom is -0.480 e. The highest BCUT2D eigenvalue weighted by molar-refractivity contribution is 5.91. The molecule has 0 saturated heterocycles. The van der Waals surface area contributed by atoms with Crippen LogP contribution < -0.4 is 4.74 Å². The van der Waals surface area contributed by atoms with Crippen molar-refractivity contribution < 1.29 is 14.3 Å². The molecule has 0 fully saturated rings. The molecule has 106 valence electrons. The zero-order valence-electron chi connectivity index (χ0n) is 11.3. The third-order valence-electron chi connectivity index (χ3n) is 2.56. The van der Waals surface area contributed by atoms with E-state index in [1.54, 1.807) is 16.8 Å². The highest BCUT2D eigenvalue weighted by Gasteiger charge is 2.16. The summed E-state index contributed by atoms with van der Waals surface area (Å²) in [6, 6.07) is 3.23. The molecule has 2 aromatic rings. The molecule has 0 aliphatic heterocycles. The highest BCUT2D eigenvalue weighted by Crippen LogP contribution is 2.15. The summed E-state index contributed by atoms with van der Waals surface area (Å²) in [6.07, 6.45) is 2.43. The van der Waals surface area contributed by atoms with Gasteiger partial charge in [0.2, 0.25) is 5.88 Å². The molecule has 20 heavy (non-hydrogen) atoms. The number of hydrogen-bond donors (Lipinski definition) is 0. The molecule has 0 saturated carbocycles. The van der Waals surface area contributed by atoms with Crippen LogP contribution in [0, 0.1) is 0 Å². The van der Waals surface area contributed by atoms with E-state index >= 15 is 0 Å². The monoisotopic (exact) mass is 277 g/mol. The highest BCUT2D eigenvalue weighted by atomic mass is 16.5. The first-order valence-corrected chi connectivity index (χ1v) is 6.17. The van der Waals surface area contributed by atoms with Crippen molar-refractivity contribution in [1.29, 1.82) is 0 Å². The number of methoxy groups -OCH3 is 1. The van der Waals surface area contributed by atoms with E-state index in [1.165, 1.54) is 13.3 Å². The van der Waals surface area contributed by atoms with Crippen LogP contribution in [0.5, 0.6) is 5.88 Å². The fourth-order valence-corrected chi connectivity index (χ4v) is 1.63. The molecule has 0 spiro atoms. The normalized spacial score (nSPS) is 10.3. The number of ether oxygens (including phenoxy) is 2. The number of carbonyl (C=O) groups is 1. The number of hydrogen-bond acceptors (Lipinski definition) is 7. The van der Waals surface area contributed by atoms with Crippen LogP contribution in [0.3, 0.4) is 0 Å². The Morgan fingerprint density at radius 1 is 1.45 bits per heavy atom. The summed E-state index contributed by atoms with van der Waals surface area (Å²) in [5, 5.41) is 11.2.